The molecule has 1 aliphatic heterocycles. The fraction of sp³-hybridized carbons (Fsp3) is 0.455. The van der Waals surface area contributed by atoms with Crippen molar-refractivity contribution in [1.29, 1.82) is 0 Å². The number of rotatable bonds is 5. The lowest BCUT2D eigenvalue weighted by molar-refractivity contribution is -0.158. The molecule has 6 heteroatoms. The largest absolute Gasteiger partial charge is 0.463 e. The molecule has 6 nitrogen and oxygen atoms in total. The first kappa shape index (κ1) is 20.1. The second kappa shape index (κ2) is 8.19. The van der Waals surface area contributed by atoms with Gasteiger partial charge >= 0.3 is 11.9 Å². The van der Waals surface area contributed by atoms with Crippen molar-refractivity contribution in [3.63, 3.8) is 0 Å². The topological polar surface area (TPSA) is 80.4 Å². The van der Waals surface area contributed by atoms with Crippen LogP contribution in [-0.2, 0) is 25.5 Å². The van der Waals surface area contributed by atoms with Gasteiger partial charge in [-0.15, -0.1) is 0 Å². The number of nitrogens with one attached hydrogen (secondary N) is 2. The quantitative estimate of drug-likeness (QED) is 0.608. The van der Waals surface area contributed by atoms with E-state index in [1.165, 1.54) is 6.08 Å². The normalized spacial score (nSPS) is 19.6. The molecule has 3 rings (SSSR count). The van der Waals surface area contributed by atoms with E-state index in [-0.39, 0.29) is 18.0 Å². The monoisotopic (exact) mass is 384 g/mol. The summed E-state index contributed by atoms with van der Waals surface area (Å²) in [7, 11) is 0. The second-order valence-electron chi connectivity index (χ2n) is 7.96. The highest BCUT2D eigenvalue weighted by Gasteiger charge is 2.34. The number of hydrogen-bond donors (Lipinski definition) is 2. The van der Waals surface area contributed by atoms with Crippen LogP contribution >= 0.6 is 0 Å². The number of esters is 2. The number of fused-ring (bicyclic) bond motifs is 3. The molecule has 1 aliphatic rings. The fourth-order valence-corrected chi connectivity index (χ4v) is 3.53. The summed E-state index contributed by atoms with van der Waals surface area (Å²) in [6, 6.07) is 7.51. The Kier molecular flexibility index (Phi) is 5.89. The third kappa shape index (κ3) is 4.62. The summed E-state index contributed by atoms with van der Waals surface area (Å²) in [5.74, 6) is -0.623. The Balaban J connectivity index is 1.88. The van der Waals surface area contributed by atoms with Gasteiger partial charge in [-0.3, -0.25) is 10.1 Å². The standard InChI is InChI=1S/C22H28N2O4/c1-5-27-19(25)12-8-11-17-20-15(14-9-6-7-10-16(14)24-20)13-18(23-17)21(26)28-22(2,3)4/h6-10,12,17-18,23-24H,5,11,13H2,1-4H3/b12-8+/t17-,18+/m0/s1. The van der Waals surface area contributed by atoms with Gasteiger partial charge in [-0.2, -0.15) is 0 Å². The number of H-pyrrole nitrogens is 1. The van der Waals surface area contributed by atoms with Crippen LogP contribution in [-0.4, -0.2) is 35.2 Å². The van der Waals surface area contributed by atoms with Crippen molar-refractivity contribution < 1.29 is 19.1 Å². The maximum absolute atomic E-state index is 12.7. The van der Waals surface area contributed by atoms with Gasteiger partial charge in [-0.1, -0.05) is 24.3 Å². The van der Waals surface area contributed by atoms with Gasteiger partial charge in [0.2, 0.25) is 0 Å². The van der Waals surface area contributed by atoms with E-state index < -0.39 is 11.6 Å². The van der Waals surface area contributed by atoms with E-state index in [1.54, 1.807) is 13.0 Å². The molecule has 150 valence electrons. The summed E-state index contributed by atoms with van der Waals surface area (Å²) in [6.07, 6.45) is 4.33. The number of aromatic nitrogens is 1. The van der Waals surface area contributed by atoms with Gasteiger partial charge in [0.25, 0.3) is 0 Å². The lowest BCUT2D eigenvalue weighted by atomic mass is 9.92. The fourth-order valence-electron chi connectivity index (χ4n) is 3.53. The van der Waals surface area contributed by atoms with E-state index in [0.717, 1.165) is 22.2 Å². The zero-order valence-electron chi connectivity index (χ0n) is 16.9. The van der Waals surface area contributed by atoms with Gasteiger partial charge < -0.3 is 14.5 Å². The number of hydrogen-bond acceptors (Lipinski definition) is 5. The molecule has 2 aromatic rings. The smallest absolute Gasteiger partial charge is 0.330 e. The highest BCUT2D eigenvalue weighted by molar-refractivity contribution is 5.87. The number of para-hydroxylation sites is 1. The minimum absolute atomic E-state index is 0.126. The molecule has 0 radical (unpaired) electrons. The van der Waals surface area contributed by atoms with Crippen LogP contribution in [0.2, 0.25) is 0 Å². The molecular weight excluding hydrogens is 356 g/mol. The summed E-state index contributed by atoms with van der Waals surface area (Å²) in [4.78, 5) is 27.8. The molecule has 2 heterocycles. The van der Waals surface area contributed by atoms with Crippen molar-refractivity contribution >= 4 is 22.8 Å². The van der Waals surface area contributed by atoms with Gasteiger partial charge in [-0.05, 0) is 45.7 Å². The average molecular weight is 384 g/mol. The summed E-state index contributed by atoms with van der Waals surface area (Å²) in [6.45, 7) is 7.72. The Morgan fingerprint density at radius 2 is 2.00 bits per heavy atom. The average Bonchev–Trinajstić information content (AvgIpc) is 2.99. The van der Waals surface area contributed by atoms with Crippen molar-refractivity contribution in [3.8, 4) is 0 Å². The Morgan fingerprint density at radius 1 is 1.25 bits per heavy atom. The first-order valence-corrected chi connectivity index (χ1v) is 9.70. The highest BCUT2D eigenvalue weighted by Crippen LogP contribution is 2.34. The van der Waals surface area contributed by atoms with Gasteiger partial charge in [0, 0.05) is 29.1 Å². The maximum atomic E-state index is 12.7. The molecule has 0 unspecified atom stereocenters. The predicted octanol–water partition coefficient (Wildman–Crippen LogP) is 3.57. The second-order valence-corrected chi connectivity index (χ2v) is 7.96. The number of benzene rings is 1. The minimum Gasteiger partial charge on any atom is -0.463 e. The van der Waals surface area contributed by atoms with Crippen LogP contribution in [0.25, 0.3) is 10.9 Å². The molecular formula is C22H28N2O4. The molecule has 2 atom stereocenters. The van der Waals surface area contributed by atoms with Crippen molar-refractivity contribution in [3.05, 3.63) is 47.7 Å². The lowest BCUT2D eigenvalue weighted by Gasteiger charge is -2.31. The molecule has 0 amide bonds. The molecule has 1 aromatic carbocycles. The van der Waals surface area contributed by atoms with Crippen LogP contribution in [0.15, 0.2) is 36.4 Å². The molecule has 0 fully saturated rings. The van der Waals surface area contributed by atoms with Crippen molar-refractivity contribution in [1.82, 2.24) is 10.3 Å². The van der Waals surface area contributed by atoms with Crippen LogP contribution in [0.1, 0.15) is 51.4 Å². The Morgan fingerprint density at radius 3 is 2.71 bits per heavy atom. The maximum Gasteiger partial charge on any atom is 0.330 e. The zero-order valence-corrected chi connectivity index (χ0v) is 16.9. The Labute approximate surface area is 165 Å². The molecule has 0 saturated carbocycles. The molecule has 28 heavy (non-hydrogen) atoms. The summed E-state index contributed by atoms with van der Waals surface area (Å²) in [5, 5.41) is 4.51. The highest BCUT2D eigenvalue weighted by atomic mass is 16.6. The van der Waals surface area contributed by atoms with E-state index in [0.29, 0.717) is 19.4 Å². The number of carbonyl (C=O) groups excluding carboxylic acids is 2. The van der Waals surface area contributed by atoms with Crippen molar-refractivity contribution in [2.75, 3.05) is 6.61 Å². The van der Waals surface area contributed by atoms with Crippen LogP contribution < -0.4 is 5.32 Å². The van der Waals surface area contributed by atoms with Crippen LogP contribution in [0.5, 0.6) is 0 Å². The summed E-state index contributed by atoms with van der Waals surface area (Å²) < 4.78 is 10.5. The van der Waals surface area contributed by atoms with E-state index >= 15 is 0 Å². The van der Waals surface area contributed by atoms with Crippen LogP contribution in [0, 0.1) is 0 Å². The van der Waals surface area contributed by atoms with Gasteiger partial charge in [-0.25, -0.2) is 4.79 Å². The molecule has 0 spiro atoms. The zero-order chi connectivity index (χ0) is 20.3. The van der Waals surface area contributed by atoms with Crippen molar-refractivity contribution in [2.24, 2.45) is 0 Å². The number of carbonyl (C=O) groups is 2. The molecule has 1 aromatic heterocycles. The molecule has 2 N–H and O–H groups in total. The van der Waals surface area contributed by atoms with Gasteiger partial charge in [0.15, 0.2) is 0 Å². The first-order valence-electron chi connectivity index (χ1n) is 9.70. The van der Waals surface area contributed by atoms with Gasteiger partial charge in [0.05, 0.1) is 12.6 Å². The SMILES string of the molecule is CCOC(=O)/C=C/C[C@@H]1N[C@@H](C(=O)OC(C)(C)C)Cc2c1[nH]c1ccccc21. The van der Waals surface area contributed by atoms with E-state index in [9.17, 15) is 9.59 Å². The van der Waals surface area contributed by atoms with Crippen LogP contribution in [0.4, 0.5) is 0 Å². The summed E-state index contributed by atoms with van der Waals surface area (Å²) in [5.41, 5.74) is 2.67. The number of ether oxygens (including phenoxy) is 2. The minimum atomic E-state index is -0.543. The lowest BCUT2D eigenvalue weighted by Crippen LogP contribution is -2.47. The van der Waals surface area contributed by atoms with E-state index in [4.69, 9.17) is 9.47 Å². The molecule has 0 bridgehead atoms. The van der Waals surface area contributed by atoms with Crippen LogP contribution in [0.3, 0.4) is 0 Å². The Bertz CT molecular complexity index is 892. The Hall–Kier alpha value is -2.60. The first-order chi connectivity index (χ1) is 13.3. The molecule has 0 saturated heterocycles. The van der Waals surface area contributed by atoms with E-state index in [2.05, 4.69) is 16.4 Å². The molecule has 0 aliphatic carbocycles. The third-order valence-electron chi connectivity index (χ3n) is 4.61. The van der Waals surface area contributed by atoms with Gasteiger partial charge in [0.1, 0.15) is 11.6 Å². The summed E-state index contributed by atoms with van der Waals surface area (Å²) >= 11 is 0. The third-order valence-corrected chi connectivity index (χ3v) is 4.61. The van der Waals surface area contributed by atoms with E-state index in [1.807, 2.05) is 39.0 Å². The van der Waals surface area contributed by atoms with Crippen molar-refractivity contribution in [2.45, 2.75) is 58.2 Å². The number of aromatic amines is 1. The predicted molar refractivity (Wildman–Crippen MR) is 108 cm³/mol.